The zero-order chi connectivity index (χ0) is 29.3. The zero-order valence-electron chi connectivity index (χ0n) is 23.1. The van der Waals surface area contributed by atoms with E-state index in [1.165, 1.54) is 13.2 Å². The number of hydrogen-bond acceptors (Lipinski definition) is 5. The van der Waals surface area contributed by atoms with E-state index in [1.807, 2.05) is 42.5 Å². The molecule has 0 heterocycles. The van der Waals surface area contributed by atoms with Gasteiger partial charge in [-0.3, -0.25) is 0 Å². The topological polar surface area (TPSA) is 54.0 Å². The largest absolute Gasteiger partial charge is 0.490 e. The van der Waals surface area contributed by atoms with Crippen molar-refractivity contribution in [3.05, 3.63) is 136 Å². The molecule has 0 saturated carbocycles. The van der Waals surface area contributed by atoms with Crippen LogP contribution in [-0.2, 0) is 22.4 Å². The predicted octanol–water partition coefficient (Wildman–Crippen LogP) is 7.93. The molecule has 0 N–H and O–H groups in total. The molecule has 7 heteroatoms. The van der Waals surface area contributed by atoms with E-state index in [4.69, 9.17) is 18.9 Å². The lowest BCUT2D eigenvalue weighted by atomic mass is 9.96. The van der Waals surface area contributed by atoms with E-state index < -0.39 is 11.8 Å². The number of carbonyl (C=O) groups is 1. The number of para-hydroxylation sites is 1. The van der Waals surface area contributed by atoms with Crippen molar-refractivity contribution in [1.82, 2.24) is 0 Å². The van der Waals surface area contributed by atoms with Crippen molar-refractivity contribution in [2.24, 2.45) is 0 Å². The zero-order valence-corrected chi connectivity index (χ0v) is 24.7. The van der Waals surface area contributed by atoms with Gasteiger partial charge in [0.1, 0.15) is 24.7 Å². The number of ether oxygens (including phenoxy) is 4. The van der Waals surface area contributed by atoms with Crippen LogP contribution in [0.1, 0.15) is 22.3 Å². The highest BCUT2D eigenvalue weighted by molar-refractivity contribution is 9.10. The van der Waals surface area contributed by atoms with Crippen LogP contribution in [0.25, 0.3) is 10.8 Å². The number of methoxy groups -OCH3 is 1. The van der Waals surface area contributed by atoms with E-state index in [0.717, 1.165) is 33.0 Å². The first-order chi connectivity index (χ1) is 20.5. The minimum atomic E-state index is -0.468. The van der Waals surface area contributed by atoms with Gasteiger partial charge < -0.3 is 18.9 Å². The number of benzene rings is 5. The Bertz CT molecular complexity index is 1660. The third kappa shape index (κ3) is 7.28. The molecule has 214 valence electrons. The van der Waals surface area contributed by atoms with Gasteiger partial charge in [0.05, 0.1) is 11.6 Å². The van der Waals surface area contributed by atoms with Crippen LogP contribution < -0.4 is 14.2 Å². The van der Waals surface area contributed by atoms with Crippen molar-refractivity contribution in [2.45, 2.75) is 12.8 Å². The van der Waals surface area contributed by atoms with Crippen molar-refractivity contribution >= 4 is 32.7 Å². The summed E-state index contributed by atoms with van der Waals surface area (Å²) in [5.74, 6) is 0.554. The van der Waals surface area contributed by atoms with Crippen LogP contribution in [0.3, 0.4) is 0 Å². The number of rotatable bonds is 12. The second-order valence-corrected chi connectivity index (χ2v) is 10.5. The van der Waals surface area contributed by atoms with Crippen LogP contribution in [-0.4, -0.2) is 32.9 Å². The van der Waals surface area contributed by atoms with Gasteiger partial charge in [-0.1, -0.05) is 72.8 Å². The van der Waals surface area contributed by atoms with Crippen molar-refractivity contribution in [3.8, 4) is 17.2 Å². The lowest BCUT2D eigenvalue weighted by molar-refractivity contribution is -0.142. The monoisotopic (exact) mass is 628 g/mol. The van der Waals surface area contributed by atoms with Crippen LogP contribution in [0.4, 0.5) is 4.39 Å². The molecule has 0 aliphatic heterocycles. The van der Waals surface area contributed by atoms with E-state index in [0.29, 0.717) is 28.8 Å². The van der Waals surface area contributed by atoms with E-state index in [2.05, 4.69) is 52.3 Å². The molecular weight excluding hydrogens is 599 g/mol. The Kier molecular flexibility index (Phi) is 9.72. The fourth-order valence-corrected chi connectivity index (χ4v) is 5.43. The fourth-order valence-electron chi connectivity index (χ4n) is 4.72. The minimum Gasteiger partial charge on any atom is -0.490 e. The number of hydrogen-bond donors (Lipinski definition) is 0. The van der Waals surface area contributed by atoms with Crippen LogP contribution in [0.2, 0.25) is 0 Å². The molecule has 5 aromatic rings. The molecule has 5 rings (SSSR count). The third-order valence-electron chi connectivity index (χ3n) is 6.76. The average molecular weight is 630 g/mol. The molecule has 0 spiro atoms. The molecule has 42 heavy (non-hydrogen) atoms. The minimum absolute atomic E-state index is 0.175. The first-order valence-electron chi connectivity index (χ1n) is 13.6. The SMILES string of the molecule is COC(=O)COc1c(Cc2ccccc2)cc2cc(Cc3ccccc3)c(OCCOc3ccccc3F)cc2c1Br. The smallest absolute Gasteiger partial charge is 0.343 e. The summed E-state index contributed by atoms with van der Waals surface area (Å²) >= 11 is 3.77. The third-order valence-corrected chi connectivity index (χ3v) is 7.55. The van der Waals surface area contributed by atoms with Gasteiger partial charge in [0.2, 0.25) is 0 Å². The van der Waals surface area contributed by atoms with Crippen molar-refractivity contribution in [2.75, 3.05) is 26.9 Å². The molecule has 0 unspecified atom stereocenters. The van der Waals surface area contributed by atoms with Gasteiger partial charge in [0.15, 0.2) is 18.2 Å². The lowest BCUT2D eigenvalue weighted by Crippen LogP contribution is -2.14. The van der Waals surface area contributed by atoms with Crippen LogP contribution in [0.15, 0.2) is 108 Å². The molecule has 5 nitrogen and oxygen atoms in total. The normalized spacial score (nSPS) is 10.8. The molecular formula is C35H30BrFO5. The van der Waals surface area contributed by atoms with Crippen LogP contribution in [0, 0.1) is 5.82 Å². The number of esters is 1. The fraction of sp³-hybridized carbons (Fsp3) is 0.171. The highest BCUT2D eigenvalue weighted by Crippen LogP contribution is 2.41. The second-order valence-electron chi connectivity index (χ2n) is 9.68. The molecule has 0 aliphatic rings. The highest BCUT2D eigenvalue weighted by atomic mass is 79.9. The summed E-state index contributed by atoms with van der Waals surface area (Å²) in [5, 5.41) is 1.87. The Balaban J connectivity index is 1.51. The quantitative estimate of drug-likeness (QED) is 0.104. The van der Waals surface area contributed by atoms with Crippen LogP contribution in [0.5, 0.6) is 17.2 Å². The maximum atomic E-state index is 14.0. The van der Waals surface area contributed by atoms with E-state index in [-0.39, 0.29) is 25.6 Å². The first kappa shape index (κ1) is 29.1. The van der Waals surface area contributed by atoms with Gasteiger partial charge in [-0.2, -0.15) is 0 Å². The Hall–Kier alpha value is -4.36. The average Bonchev–Trinajstić information content (AvgIpc) is 3.01. The molecule has 0 amide bonds. The summed E-state index contributed by atoms with van der Waals surface area (Å²) in [4.78, 5) is 12.0. The van der Waals surface area contributed by atoms with E-state index in [9.17, 15) is 9.18 Å². The Morgan fingerprint density at radius 3 is 1.93 bits per heavy atom. The molecule has 0 fully saturated rings. The molecule has 0 atom stereocenters. The standard InChI is InChI=1S/C35H30BrFO5/c1-39-33(38)23-42-35-28(19-25-12-6-3-7-13-25)21-26-20-27(18-24-10-4-2-5-11-24)32(22-29(26)34(35)36)41-17-16-40-31-15-9-8-14-30(31)37/h2-15,20-22H,16-19,23H2,1H3. The maximum Gasteiger partial charge on any atom is 0.343 e. The van der Waals surface area contributed by atoms with Gasteiger partial charge in [-0.05, 0) is 68.3 Å². The second kappa shape index (κ2) is 14.0. The molecule has 0 bridgehead atoms. The number of halogens is 2. The van der Waals surface area contributed by atoms with E-state index in [1.54, 1.807) is 18.2 Å². The lowest BCUT2D eigenvalue weighted by Gasteiger charge is -2.18. The van der Waals surface area contributed by atoms with Crippen LogP contribution >= 0.6 is 15.9 Å². The summed E-state index contributed by atoms with van der Waals surface area (Å²) in [6.45, 7) is 0.177. The summed E-state index contributed by atoms with van der Waals surface area (Å²) in [6, 6.07) is 32.8. The highest BCUT2D eigenvalue weighted by Gasteiger charge is 2.18. The molecule has 0 radical (unpaired) electrons. The molecule has 5 aromatic carbocycles. The van der Waals surface area contributed by atoms with Gasteiger partial charge >= 0.3 is 5.97 Å². The molecule has 0 saturated heterocycles. The molecule has 0 aliphatic carbocycles. The van der Waals surface area contributed by atoms with Gasteiger partial charge in [0, 0.05) is 23.8 Å². The Labute approximate surface area is 252 Å². The summed E-state index contributed by atoms with van der Waals surface area (Å²) in [6.07, 6.45) is 1.28. The maximum absolute atomic E-state index is 14.0. The van der Waals surface area contributed by atoms with E-state index >= 15 is 0 Å². The van der Waals surface area contributed by atoms with Gasteiger partial charge in [-0.25, -0.2) is 9.18 Å². The Morgan fingerprint density at radius 1 is 0.714 bits per heavy atom. The van der Waals surface area contributed by atoms with Crippen molar-refractivity contribution < 1.29 is 28.1 Å². The number of fused-ring (bicyclic) bond motifs is 1. The Morgan fingerprint density at radius 2 is 1.29 bits per heavy atom. The summed E-state index contributed by atoms with van der Waals surface area (Å²) < 4.78 is 37.4. The number of carbonyl (C=O) groups excluding carboxylic acids is 1. The summed E-state index contributed by atoms with van der Waals surface area (Å²) in [5.41, 5.74) is 4.19. The molecule has 0 aromatic heterocycles. The van der Waals surface area contributed by atoms with Gasteiger partial charge in [-0.15, -0.1) is 0 Å². The summed E-state index contributed by atoms with van der Waals surface area (Å²) in [7, 11) is 1.33. The van der Waals surface area contributed by atoms with Gasteiger partial charge in [0.25, 0.3) is 0 Å². The predicted molar refractivity (Wildman–Crippen MR) is 165 cm³/mol. The van der Waals surface area contributed by atoms with Crippen molar-refractivity contribution in [1.29, 1.82) is 0 Å². The first-order valence-corrected chi connectivity index (χ1v) is 14.4. The van der Waals surface area contributed by atoms with Crippen molar-refractivity contribution in [3.63, 3.8) is 0 Å².